The fourth-order valence-electron chi connectivity index (χ4n) is 2.21. The van der Waals surface area contributed by atoms with Crippen molar-refractivity contribution in [3.05, 3.63) is 35.9 Å². The molecule has 0 spiro atoms. The number of hydrogen-bond acceptors (Lipinski definition) is 1. The van der Waals surface area contributed by atoms with E-state index in [0.29, 0.717) is 4.83 Å². The van der Waals surface area contributed by atoms with E-state index in [1.54, 1.807) is 0 Å². The average molecular weight is 347 g/mol. The van der Waals surface area contributed by atoms with Crippen molar-refractivity contribution in [1.82, 2.24) is 4.90 Å². The molecular formula is C13H17Br2N. The van der Waals surface area contributed by atoms with Crippen molar-refractivity contribution < 1.29 is 0 Å². The van der Waals surface area contributed by atoms with E-state index in [9.17, 15) is 0 Å². The molecule has 88 valence electrons. The van der Waals surface area contributed by atoms with Crippen LogP contribution in [0.25, 0.3) is 0 Å². The van der Waals surface area contributed by atoms with Gasteiger partial charge in [0.1, 0.15) is 0 Å². The normalized spacial score (nSPS) is 26.9. The maximum atomic E-state index is 3.77. The van der Waals surface area contributed by atoms with Gasteiger partial charge in [0.15, 0.2) is 0 Å². The molecule has 1 heterocycles. The van der Waals surface area contributed by atoms with Crippen LogP contribution in [0.15, 0.2) is 30.3 Å². The van der Waals surface area contributed by atoms with Gasteiger partial charge in [-0.05, 0) is 24.4 Å². The second kappa shape index (κ2) is 6.18. The lowest BCUT2D eigenvalue weighted by atomic mass is 9.99. The van der Waals surface area contributed by atoms with Crippen LogP contribution < -0.4 is 0 Å². The zero-order valence-corrected chi connectivity index (χ0v) is 12.5. The molecule has 1 aliphatic heterocycles. The van der Waals surface area contributed by atoms with Crippen molar-refractivity contribution in [3.63, 3.8) is 0 Å². The Kier molecular flexibility index (Phi) is 4.86. The zero-order chi connectivity index (χ0) is 11.4. The van der Waals surface area contributed by atoms with Gasteiger partial charge >= 0.3 is 0 Å². The monoisotopic (exact) mass is 345 g/mol. The highest BCUT2D eigenvalue weighted by Gasteiger charge is 2.26. The predicted molar refractivity (Wildman–Crippen MR) is 76.3 cm³/mol. The number of likely N-dealkylation sites (tertiary alicyclic amines) is 1. The smallest absolute Gasteiger partial charge is 0.0233 e. The van der Waals surface area contributed by atoms with Gasteiger partial charge in [-0.3, -0.25) is 4.90 Å². The summed E-state index contributed by atoms with van der Waals surface area (Å²) >= 11 is 7.38. The van der Waals surface area contributed by atoms with E-state index in [2.05, 4.69) is 67.1 Å². The molecule has 0 amide bonds. The Morgan fingerprint density at radius 1 is 1.25 bits per heavy atom. The van der Waals surface area contributed by atoms with Gasteiger partial charge in [-0.2, -0.15) is 0 Å². The first-order valence-corrected chi connectivity index (χ1v) is 7.79. The quantitative estimate of drug-likeness (QED) is 0.755. The average Bonchev–Trinajstić information content (AvgIpc) is 2.33. The minimum absolute atomic E-state index is 0.680. The highest BCUT2D eigenvalue weighted by Crippen LogP contribution is 2.26. The fraction of sp³-hybridized carbons (Fsp3) is 0.538. The number of rotatable bonds is 3. The summed E-state index contributed by atoms with van der Waals surface area (Å²) in [5.74, 6) is 0.734. The number of benzene rings is 1. The minimum atomic E-state index is 0.680. The lowest BCUT2D eigenvalue weighted by molar-refractivity contribution is 0.186. The molecule has 1 fully saturated rings. The summed E-state index contributed by atoms with van der Waals surface area (Å²) < 4.78 is 0. The van der Waals surface area contributed by atoms with E-state index >= 15 is 0 Å². The van der Waals surface area contributed by atoms with Crippen LogP contribution in [0.3, 0.4) is 0 Å². The largest absolute Gasteiger partial charge is 0.299 e. The summed E-state index contributed by atoms with van der Waals surface area (Å²) in [6.45, 7) is 3.48. The third-order valence-electron chi connectivity index (χ3n) is 3.17. The van der Waals surface area contributed by atoms with Crippen molar-refractivity contribution in [2.75, 3.05) is 18.4 Å². The highest BCUT2D eigenvalue weighted by molar-refractivity contribution is 9.10. The SMILES string of the molecule is BrCC1CN(Cc2ccccc2)CCC1Br. The van der Waals surface area contributed by atoms with Gasteiger partial charge in [0.25, 0.3) is 0 Å². The molecule has 1 nitrogen and oxygen atoms in total. The molecule has 1 aromatic carbocycles. The molecule has 0 N–H and O–H groups in total. The summed E-state index contributed by atoms with van der Waals surface area (Å²) in [6.07, 6.45) is 1.25. The Hall–Kier alpha value is 0.140. The standard InChI is InChI=1S/C13H17Br2N/c14-8-12-10-16(7-6-13(12)15)9-11-4-2-1-3-5-11/h1-5,12-13H,6-10H2. The van der Waals surface area contributed by atoms with E-state index in [1.165, 1.54) is 25.1 Å². The Bertz CT molecular complexity index is 315. The summed E-state index contributed by atoms with van der Waals surface area (Å²) in [5.41, 5.74) is 1.42. The first-order chi connectivity index (χ1) is 7.79. The molecule has 0 aromatic heterocycles. The third kappa shape index (κ3) is 3.31. The van der Waals surface area contributed by atoms with Crippen LogP contribution in [0.1, 0.15) is 12.0 Å². The van der Waals surface area contributed by atoms with Crippen LogP contribution >= 0.6 is 31.9 Å². The second-order valence-electron chi connectivity index (χ2n) is 4.44. The molecule has 3 heteroatoms. The zero-order valence-electron chi connectivity index (χ0n) is 9.28. The Morgan fingerprint density at radius 2 is 2.00 bits per heavy atom. The molecule has 0 radical (unpaired) electrons. The number of halogens is 2. The van der Waals surface area contributed by atoms with Crippen LogP contribution in [-0.2, 0) is 6.54 Å². The molecule has 1 saturated heterocycles. The summed E-state index contributed by atoms with van der Waals surface area (Å²) in [5, 5.41) is 1.09. The Balaban J connectivity index is 1.92. The molecule has 0 saturated carbocycles. The highest BCUT2D eigenvalue weighted by atomic mass is 79.9. The van der Waals surface area contributed by atoms with Gasteiger partial charge in [0, 0.05) is 23.2 Å². The van der Waals surface area contributed by atoms with Crippen LogP contribution in [0.5, 0.6) is 0 Å². The lowest BCUT2D eigenvalue weighted by Crippen LogP contribution is -2.41. The Morgan fingerprint density at radius 3 is 2.69 bits per heavy atom. The van der Waals surface area contributed by atoms with Crippen molar-refractivity contribution in [2.45, 2.75) is 17.8 Å². The molecule has 1 aliphatic rings. The predicted octanol–water partition coefficient (Wildman–Crippen LogP) is 3.67. The molecule has 1 aromatic rings. The summed E-state index contributed by atoms with van der Waals surface area (Å²) in [4.78, 5) is 3.23. The van der Waals surface area contributed by atoms with E-state index in [1.807, 2.05) is 0 Å². The molecular weight excluding hydrogens is 330 g/mol. The molecule has 2 rings (SSSR count). The van der Waals surface area contributed by atoms with E-state index < -0.39 is 0 Å². The van der Waals surface area contributed by atoms with Crippen molar-refractivity contribution in [3.8, 4) is 0 Å². The van der Waals surface area contributed by atoms with Crippen molar-refractivity contribution in [2.24, 2.45) is 5.92 Å². The molecule has 2 atom stereocenters. The lowest BCUT2D eigenvalue weighted by Gasteiger charge is -2.35. The number of nitrogens with zero attached hydrogens (tertiary/aromatic N) is 1. The maximum Gasteiger partial charge on any atom is 0.0233 e. The fourth-order valence-corrected chi connectivity index (χ4v) is 3.93. The minimum Gasteiger partial charge on any atom is -0.299 e. The second-order valence-corrected chi connectivity index (χ2v) is 6.26. The first-order valence-electron chi connectivity index (χ1n) is 5.76. The van der Waals surface area contributed by atoms with Crippen molar-refractivity contribution in [1.29, 1.82) is 0 Å². The van der Waals surface area contributed by atoms with Gasteiger partial charge in [-0.1, -0.05) is 62.2 Å². The van der Waals surface area contributed by atoms with Crippen LogP contribution in [0, 0.1) is 5.92 Å². The van der Waals surface area contributed by atoms with Gasteiger partial charge in [0.2, 0.25) is 0 Å². The number of piperidine rings is 1. The van der Waals surface area contributed by atoms with Crippen molar-refractivity contribution >= 4 is 31.9 Å². The molecule has 16 heavy (non-hydrogen) atoms. The van der Waals surface area contributed by atoms with E-state index in [4.69, 9.17) is 0 Å². The van der Waals surface area contributed by atoms with Crippen LogP contribution in [0.4, 0.5) is 0 Å². The van der Waals surface area contributed by atoms with Crippen LogP contribution in [0.2, 0.25) is 0 Å². The molecule has 0 bridgehead atoms. The Labute approximate surface area is 114 Å². The van der Waals surface area contributed by atoms with Crippen LogP contribution in [-0.4, -0.2) is 28.1 Å². The maximum absolute atomic E-state index is 3.77. The topological polar surface area (TPSA) is 3.24 Å². The van der Waals surface area contributed by atoms with E-state index in [-0.39, 0.29) is 0 Å². The van der Waals surface area contributed by atoms with Gasteiger partial charge in [-0.25, -0.2) is 0 Å². The van der Waals surface area contributed by atoms with Gasteiger partial charge in [-0.15, -0.1) is 0 Å². The number of alkyl halides is 2. The third-order valence-corrected chi connectivity index (χ3v) is 5.21. The summed E-state index contributed by atoms with van der Waals surface area (Å²) in [7, 11) is 0. The first kappa shape index (κ1) is 12.6. The van der Waals surface area contributed by atoms with Gasteiger partial charge < -0.3 is 0 Å². The molecule has 0 aliphatic carbocycles. The molecule has 2 unspecified atom stereocenters. The van der Waals surface area contributed by atoms with E-state index in [0.717, 1.165) is 17.8 Å². The van der Waals surface area contributed by atoms with Gasteiger partial charge in [0.05, 0.1) is 0 Å². The summed E-state index contributed by atoms with van der Waals surface area (Å²) in [6, 6.07) is 10.7. The number of hydrogen-bond donors (Lipinski definition) is 0.